The van der Waals surface area contributed by atoms with Crippen molar-refractivity contribution in [3.8, 4) is 18.1 Å². The minimum Gasteiger partial charge on any atom is -0.477 e. The lowest BCUT2D eigenvalue weighted by Crippen LogP contribution is -2.36. The summed E-state index contributed by atoms with van der Waals surface area (Å²) in [6.07, 6.45) is 4.86. The molecule has 1 amide bonds. The highest BCUT2D eigenvalue weighted by molar-refractivity contribution is 5.97. The normalized spacial score (nSPS) is 18.8. The molecule has 1 atom stereocenters. The Hall–Kier alpha value is -1.95. The van der Waals surface area contributed by atoms with Crippen molar-refractivity contribution in [3.63, 3.8) is 0 Å². The lowest BCUT2D eigenvalue weighted by molar-refractivity contribution is -0.123. The highest BCUT2D eigenvalue weighted by Gasteiger charge is 2.26. The maximum atomic E-state index is 11.4. The van der Waals surface area contributed by atoms with Crippen molar-refractivity contribution in [1.29, 1.82) is 0 Å². The third-order valence-corrected chi connectivity index (χ3v) is 2.01. The van der Waals surface area contributed by atoms with Crippen molar-refractivity contribution < 1.29 is 9.53 Å². The summed E-state index contributed by atoms with van der Waals surface area (Å²) in [5.41, 5.74) is 0.700. The summed E-state index contributed by atoms with van der Waals surface area (Å²) in [4.78, 5) is 11.4. The predicted octanol–water partition coefficient (Wildman–Crippen LogP) is 1.41. The quantitative estimate of drug-likeness (QED) is 0.675. The van der Waals surface area contributed by atoms with Crippen LogP contribution in [-0.2, 0) is 4.79 Å². The summed E-state index contributed by atoms with van der Waals surface area (Å²) in [7, 11) is 0. The first kappa shape index (κ1) is 8.64. The van der Waals surface area contributed by atoms with Gasteiger partial charge in [0.25, 0.3) is 5.91 Å². The first-order valence-electron chi connectivity index (χ1n) is 4.31. The minimum atomic E-state index is -0.560. The largest absolute Gasteiger partial charge is 0.477 e. The molecule has 2 rings (SSSR count). The van der Waals surface area contributed by atoms with Gasteiger partial charge in [-0.3, -0.25) is 4.79 Å². The van der Waals surface area contributed by atoms with Crippen molar-refractivity contribution in [2.75, 3.05) is 5.32 Å². The number of carbonyl (C=O) groups is 1. The Labute approximate surface area is 82.1 Å². The van der Waals surface area contributed by atoms with Crippen LogP contribution in [0, 0.1) is 12.3 Å². The monoisotopic (exact) mass is 187 g/mol. The zero-order valence-electron chi connectivity index (χ0n) is 7.49. The number of rotatable bonds is 1. The van der Waals surface area contributed by atoms with Gasteiger partial charge in [0, 0.05) is 0 Å². The number of nitrogens with one attached hydrogen (secondary N) is 1. The maximum absolute atomic E-state index is 11.4. The van der Waals surface area contributed by atoms with E-state index < -0.39 is 6.10 Å². The molecule has 1 aromatic carbocycles. The van der Waals surface area contributed by atoms with Gasteiger partial charge in [0.2, 0.25) is 0 Å². The fourth-order valence-electron chi connectivity index (χ4n) is 1.33. The van der Waals surface area contributed by atoms with Gasteiger partial charge in [0.05, 0.1) is 12.1 Å². The maximum Gasteiger partial charge on any atom is 0.266 e. The van der Waals surface area contributed by atoms with E-state index in [1.807, 2.05) is 12.1 Å². The molecule has 70 valence electrons. The zero-order chi connectivity index (χ0) is 9.97. The molecular weight excluding hydrogens is 178 g/mol. The van der Waals surface area contributed by atoms with Gasteiger partial charge in [-0.1, -0.05) is 12.1 Å². The molecule has 14 heavy (non-hydrogen) atoms. The van der Waals surface area contributed by atoms with Gasteiger partial charge >= 0.3 is 0 Å². The highest BCUT2D eigenvalue weighted by atomic mass is 16.5. The number of terminal acetylenes is 1. The Morgan fingerprint density at radius 3 is 3.07 bits per heavy atom. The smallest absolute Gasteiger partial charge is 0.266 e. The van der Waals surface area contributed by atoms with Crippen molar-refractivity contribution in [2.24, 2.45) is 0 Å². The van der Waals surface area contributed by atoms with Crippen LogP contribution in [0.4, 0.5) is 5.69 Å². The van der Waals surface area contributed by atoms with Crippen LogP contribution in [0.25, 0.3) is 0 Å². The molecule has 1 unspecified atom stereocenters. The summed E-state index contributed by atoms with van der Waals surface area (Å²) in [6.45, 7) is 0. The van der Waals surface area contributed by atoms with E-state index in [1.165, 1.54) is 0 Å². The molecule has 1 aliphatic rings. The molecule has 0 saturated carbocycles. The van der Waals surface area contributed by atoms with Gasteiger partial charge in [-0.15, -0.1) is 12.3 Å². The van der Waals surface area contributed by atoms with Gasteiger partial charge in [0.15, 0.2) is 6.10 Å². The van der Waals surface area contributed by atoms with Crippen LogP contribution in [0.15, 0.2) is 24.3 Å². The van der Waals surface area contributed by atoms with Crippen LogP contribution in [0.2, 0.25) is 0 Å². The molecule has 0 fully saturated rings. The minimum absolute atomic E-state index is 0.179. The van der Waals surface area contributed by atoms with E-state index in [0.717, 1.165) is 0 Å². The SMILES string of the molecule is C#CCC1Oc2ccccc2NC1=O. The van der Waals surface area contributed by atoms with Gasteiger partial charge in [-0.05, 0) is 12.1 Å². The summed E-state index contributed by atoms with van der Waals surface area (Å²) >= 11 is 0. The van der Waals surface area contributed by atoms with E-state index in [-0.39, 0.29) is 5.91 Å². The third kappa shape index (κ3) is 1.42. The number of para-hydroxylation sites is 2. The summed E-state index contributed by atoms with van der Waals surface area (Å²) < 4.78 is 5.43. The fourth-order valence-corrected chi connectivity index (χ4v) is 1.33. The topological polar surface area (TPSA) is 38.3 Å². The Morgan fingerprint density at radius 2 is 2.29 bits per heavy atom. The number of hydrogen-bond donors (Lipinski definition) is 1. The number of anilines is 1. The molecule has 0 aromatic heterocycles. The number of fused-ring (bicyclic) bond motifs is 1. The number of ether oxygens (including phenoxy) is 1. The van der Waals surface area contributed by atoms with Crippen LogP contribution in [0.5, 0.6) is 5.75 Å². The van der Waals surface area contributed by atoms with E-state index in [0.29, 0.717) is 17.9 Å². The highest BCUT2D eigenvalue weighted by Crippen LogP contribution is 2.29. The van der Waals surface area contributed by atoms with Crippen molar-refractivity contribution >= 4 is 11.6 Å². The Balaban J connectivity index is 2.28. The third-order valence-electron chi connectivity index (χ3n) is 2.01. The van der Waals surface area contributed by atoms with E-state index in [1.54, 1.807) is 12.1 Å². The standard InChI is InChI=1S/C11H9NO2/c1-2-5-10-11(13)12-8-6-3-4-7-9(8)14-10/h1,3-4,6-7,10H,5H2,(H,12,13). The first-order valence-corrected chi connectivity index (χ1v) is 4.31. The molecule has 0 bridgehead atoms. The van der Waals surface area contributed by atoms with Crippen molar-refractivity contribution in [2.45, 2.75) is 12.5 Å². The molecule has 1 aliphatic heterocycles. The summed E-state index contributed by atoms with van der Waals surface area (Å²) in [6, 6.07) is 7.28. The Morgan fingerprint density at radius 1 is 1.50 bits per heavy atom. The average molecular weight is 187 g/mol. The summed E-state index contributed by atoms with van der Waals surface area (Å²) in [5.74, 6) is 2.91. The second-order valence-electron chi connectivity index (χ2n) is 3.00. The van der Waals surface area contributed by atoms with Crippen LogP contribution >= 0.6 is 0 Å². The van der Waals surface area contributed by atoms with Crippen LogP contribution in [-0.4, -0.2) is 12.0 Å². The summed E-state index contributed by atoms with van der Waals surface area (Å²) in [5, 5.41) is 2.74. The molecular formula is C11H9NO2. The Bertz CT molecular complexity index is 406. The fraction of sp³-hybridized carbons (Fsp3) is 0.182. The number of amides is 1. The van der Waals surface area contributed by atoms with Crippen LogP contribution in [0.1, 0.15) is 6.42 Å². The molecule has 0 radical (unpaired) electrons. The number of benzene rings is 1. The molecule has 0 saturated heterocycles. The van der Waals surface area contributed by atoms with Crippen molar-refractivity contribution in [3.05, 3.63) is 24.3 Å². The van der Waals surface area contributed by atoms with E-state index in [2.05, 4.69) is 11.2 Å². The first-order chi connectivity index (χ1) is 6.81. The zero-order valence-corrected chi connectivity index (χ0v) is 7.49. The van der Waals surface area contributed by atoms with E-state index >= 15 is 0 Å². The molecule has 3 heteroatoms. The number of hydrogen-bond acceptors (Lipinski definition) is 2. The van der Waals surface area contributed by atoms with E-state index in [4.69, 9.17) is 11.2 Å². The van der Waals surface area contributed by atoms with Gasteiger partial charge in [0.1, 0.15) is 5.75 Å². The molecule has 0 spiro atoms. The van der Waals surface area contributed by atoms with Crippen LogP contribution < -0.4 is 10.1 Å². The molecule has 0 aliphatic carbocycles. The van der Waals surface area contributed by atoms with Crippen molar-refractivity contribution in [1.82, 2.24) is 0 Å². The van der Waals surface area contributed by atoms with E-state index in [9.17, 15) is 4.79 Å². The second kappa shape index (κ2) is 3.43. The lowest BCUT2D eigenvalue weighted by Gasteiger charge is -2.24. The van der Waals surface area contributed by atoms with Gasteiger partial charge in [-0.25, -0.2) is 0 Å². The molecule has 1 heterocycles. The number of carbonyl (C=O) groups excluding carboxylic acids is 1. The predicted molar refractivity (Wildman–Crippen MR) is 52.9 cm³/mol. The molecule has 1 N–H and O–H groups in total. The lowest BCUT2D eigenvalue weighted by atomic mass is 10.2. The second-order valence-corrected chi connectivity index (χ2v) is 3.00. The average Bonchev–Trinajstić information content (AvgIpc) is 2.19. The van der Waals surface area contributed by atoms with Gasteiger partial charge in [-0.2, -0.15) is 0 Å². The Kier molecular flexibility index (Phi) is 2.11. The van der Waals surface area contributed by atoms with Gasteiger partial charge < -0.3 is 10.1 Å². The van der Waals surface area contributed by atoms with Crippen LogP contribution in [0.3, 0.4) is 0 Å². The molecule has 3 nitrogen and oxygen atoms in total. The molecule has 1 aromatic rings.